The van der Waals surface area contributed by atoms with E-state index in [9.17, 15) is 9.18 Å². The quantitative estimate of drug-likeness (QED) is 0.622. The van der Waals surface area contributed by atoms with Gasteiger partial charge in [0.1, 0.15) is 11.6 Å². The molecule has 4 rings (SSSR count). The summed E-state index contributed by atoms with van der Waals surface area (Å²) in [7, 11) is 1.62. The molecule has 1 aliphatic rings. The third kappa shape index (κ3) is 4.15. The van der Waals surface area contributed by atoms with Crippen LogP contribution in [0.15, 0.2) is 42.5 Å². The minimum atomic E-state index is -0.312. The Morgan fingerprint density at radius 3 is 2.86 bits per heavy atom. The Morgan fingerprint density at radius 2 is 2.14 bits per heavy atom. The number of hydrogen-bond donors (Lipinski definition) is 0. The molecule has 0 N–H and O–H groups in total. The molecule has 28 heavy (non-hydrogen) atoms. The number of thiazole rings is 1. The summed E-state index contributed by atoms with van der Waals surface area (Å²) in [5.74, 6) is 0.367. The van der Waals surface area contributed by atoms with Gasteiger partial charge in [-0.3, -0.25) is 9.69 Å². The van der Waals surface area contributed by atoms with Crippen LogP contribution < -0.4 is 9.64 Å². The standard InChI is InChI=1S/C21H21FN2O3S/c1-26-16-8-9-18-19(12-16)28-21(23-18)24(13-17-3-2-10-27-17)20(25)11-14-4-6-15(22)7-5-14/h4-9,12,17H,2-3,10-11,13H2,1H3. The van der Waals surface area contributed by atoms with Crippen molar-refractivity contribution >= 4 is 32.6 Å². The lowest BCUT2D eigenvalue weighted by molar-refractivity contribution is -0.118. The normalized spacial score (nSPS) is 16.4. The molecule has 0 bridgehead atoms. The SMILES string of the molecule is COc1ccc2nc(N(CC3CCCO3)C(=O)Cc3ccc(F)cc3)sc2c1. The van der Waals surface area contributed by atoms with Crippen LogP contribution in [0.3, 0.4) is 0 Å². The topological polar surface area (TPSA) is 51.7 Å². The summed E-state index contributed by atoms with van der Waals surface area (Å²) >= 11 is 1.46. The molecular formula is C21H21FN2O3S. The number of hydrogen-bond acceptors (Lipinski definition) is 5. The minimum Gasteiger partial charge on any atom is -0.497 e. The summed E-state index contributed by atoms with van der Waals surface area (Å²) in [5.41, 5.74) is 1.60. The van der Waals surface area contributed by atoms with Gasteiger partial charge in [-0.2, -0.15) is 0 Å². The Hall–Kier alpha value is -2.51. The van der Waals surface area contributed by atoms with Crippen LogP contribution in [0, 0.1) is 5.82 Å². The number of carbonyl (C=O) groups is 1. The fourth-order valence-corrected chi connectivity index (χ4v) is 4.31. The van der Waals surface area contributed by atoms with Crippen molar-refractivity contribution in [2.45, 2.75) is 25.4 Å². The summed E-state index contributed by atoms with van der Waals surface area (Å²) < 4.78 is 25.2. The Morgan fingerprint density at radius 1 is 1.32 bits per heavy atom. The molecule has 1 saturated heterocycles. The molecule has 3 aromatic rings. The van der Waals surface area contributed by atoms with E-state index in [1.54, 1.807) is 24.1 Å². The van der Waals surface area contributed by atoms with Gasteiger partial charge in [0.15, 0.2) is 5.13 Å². The van der Waals surface area contributed by atoms with Crippen LogP contribution in [0.5, 0.6) is 5.75 Å². The molecular weight excluding hydrogens is 379 g/mol. The van der Waals surface area contributed by atoms with Gasteiger partial charge in [0.2, 0.25) is 5.91 Å². The lowest BCUT2D eigenvalue weighted by Gasteiger charge is -2.23. The lowest BCUT2D eigenvalue weighted by atomic mass is 10.1. The van der Waals surface area contributed by atoms with Gasteiger partial charge < -0.3 is 9.47 Å². The van der Waals surface area contributed by atoms with E-state index in [4.69, 9.17) is 9.47 Å². The predicted molar refractivity (Wildman–Crippen MR) is 108 cm³/mol. The van der Waals surface area contributed by atoms with E-state index in [1.165, 1.54) is 23.5 Å². The van der Waals surface area contributed by atoms with E-state index >= 15 is 0 Å². The number of aromatic nitrogens is 1. The molecule has 1 fully saturated rings. The zero-order valence-corrected chi connectivity index (χ0v) is 16.4. The number of methoxy groups -OCH3 is 1. The second-order valence-electron chi connectivity index (χ2n) is 6.77. The van der Waals surface area contributed by atoms with Crippen molar-refractivity contribution in [2.75, 3.05) is 25.2 Å². The number of amides is 1. The monoisotopic (exact) mass is 400 g/mol. The van der Waals surface area contributed by atoms with Gasteiger partial charge in [-0.1, -0.05) is 23.5 Å². The first-order valence-corrected chi connectivity index (χ1v) is 10.0. The lowest BCUT2D eigenvalue weighted by Crippen LogP contribution is -2.38. The molecule has 1 aliphatic heterocycles. The molecule has 0 saturated carbocycles. The minimum absolute atomic E-state index is 0.0127. The molecule has 7 heteroatoms. The van der Waals surface area contributed by atoms with E-state index in [-0.39, 0.29) is 24.2 Å². The summed E-state index contributed by atoms with van der Waals surface area (Å²) in [6.45, 7) is 1.19. The summed E-state index contributed by atoms with van der Waals surface area (Å²) in [4.78, 5) is 19.5. The zero-order chi connectivity index (χ0) is 19.5. The summed E-state index contributed by atoms with van der Waals surface area (Å²) in [6.07, 6.45) is 2.13. The van der Waals surface area contributed by atoms with Crippen molar-refractivity contribution in [3.8, 4) is 5.75 Å². The Bertz CT molecular complexity index is 967. The highest BCUT2D eigenvalue weighted by molar-refractivity contribution is 7.22. The molecule has 2 heterocycles. The van der Waals surface area contributed by atoms with Gasteiger partial charge in [-0.05, 0) is 48.7 Å². The number of benzene rings is 2. The highest BCUT2D eigenvalue weighted by Gasteiger charge is 2.26. The van der Waals surface area contributed by atoms with Crippen molar-refractivity contribution in [3.05, 3.63) is 53.8 Å². The number of carbonyl (C=O) groups excluding carboxylic acids is 1. The van der Waals surface area contributed by atoms with Crippen LogP contribution in [0.4, 0.5) is 9.52 Å². The van der Waals surface area contributed by atoms with Gasteiger partial charge in [0.05, 0.1) is 36.4 Å². The number of anilines is 1. The van der Waals surface area contributed by atoms with Crippen LogP contribution in [0.1, 0.15) is 18.4 Å². The van der Waals surface area contributed by atoms with Gasteiger partial charge >= 0.3 is 0 Å². The molecule has 1 atom stereocenters. The number of halogens is 1. The highest BCUT2D eigenvalue weighted by Crippen LogP contribution is 2.32. The van der Waals surface area contributed by atoms with Crippen molar-refractivity contribution in [1.82, 2.24) is 4.98 Å². The molecule has 2 aromatic carbocycles. The van der Waals surface area contributed by atoms with Crippen molar-refractivity contribution in [2.24, 2.45) is 0 Å². The van der Waals surface area contributed by atoms with Crippen molar-refractivity contribution in [3.63, 3.8) is 0 Å². The fraction of sp³-hybridized carbons (Fsp3) is 0.333. The predicted octanol–water partition coefficient (Wildman–Crippen LogP) is 4.20. The zero-order valence-electron chi connectivity index (χ0n) is 15.6. The van der Waals surface area contributed by atoms with Gasteiger partial charge in [0.25, 0.3) is 0 Å². The third-order valence-corrected chi connectivity index (χ3v) is 5.84. The van der Waals surface area contributed by atoms with Crippen LogP contribution >= 0.6 is 11.3 Å². The van der Waals surface area contributed by atoms with Crippen molar-refractivity contribution in [1.29, 1.82) is 0 Å². The number of ether oxygens (including phenoxy) is 2. The van der Waals surface area contributed by atoms with E-state index in [2.05, 4.69) is 4.98 Å². The van der Waals surface area contributed by atoms with E-state index in [1.807, 2.05) is 18.2 Å². The smallest absolute Gasteiger partial charge is 0.233 e. The molecule has 0 spiro atoms. The first-order chi connectivity index (χ1) is 13.6. The van der Waals surface area contributed by atoms with E-state index < -0.39 is 0 Å². The first kappa shape index (κ1) is 18.8. The average Bonchev–Trinajstić information content (AvgIpc) is 3.36. The van der Waals surface area contributed by atoms with E-state index in [0.717, 1.165) is 41.0 Å². The van der Waals surface area contributed by atoms with Gasteiger partial charge in [-0.15, -0.1) is 0 Å². The van der Waals surface area contributed by atoms with Gasteiger partial charge in [0, 0.05) is 6.61 Å². The molecule has 0 aliphatic carbocycles. The fourth-order valence-electron chi connectivity index (χ4n) is 3.29. The second-order valence-corrected chi connectivity index (χ2v) is 7.78. The van der Waals surface area contributed by atoms with Crippen molar-refractivity contribution < 1.29 is 18.7 Å². The summed E-state index contributed by atoms with van der Waals surface area (Å²) in [5, 5.41) is 0.644. The van der Waals surface area contributed by atoms with Crippen LogP contribution in [-0.2, 0) is 16.0 Å². The maximum atomic E-state index is 13.2. The van der Waals surface area contributed by atoms with E-state index in [0.29, 0.717) is 11.7 Å². The number of nitrogens with zero attached hydrogens (tertiary/aromatic N) is 2. The average molecular weight is 400 g/mol. The first-order valence-electron chi connectivity index (χ1n) is 9.23. The maximum absolute atomic E-state index is 13.2. The summed E-state index contributed by atoms with van der Waals surface area (Å²) in [6, 6.07) is 11.7. The molecule has 0 radical (unpaired) electrons. The Kier molecular flexibility index (Phi) is 5.54. The van der Waals surface area contributed by atoms with Crippen LogP contribution in [0.25, 0.3) is 10.2 Å². The van der Waals surface area contributed by atoms with Gasteiger partial charge in [-0.25, -0.2) is 9.37 Å². The second kappa shape index (κ2) is 8.24. The molecule has 146 valence electrons. The highest BCUT2D eigenvalue weighted by atomic mass is 32.1. The molecule has 5 nitrogen and oxygen atoms in total. The maximum Gasteiger partial charge on any atom is 0.233 e. The molecule has 1 unspecified atom stereocenters. The molecule has 1 amide bonds. The Labute approximate surface area is 166 Å². The van der Waals surface area contributed by atoms with Crippen LogP contribution in [-0.4, -0.2) is 37.3 Å². The largest absolute Gasteiger partial charge is 0.497 e. The van der Waals surface area contributed by atoms with Crippen LogP contribution in [0.2, 0.25) is 0 Å². The third-order valence-electron chi connectivity index (χ3n) is 4.80. The Balaban J connectivity index is 1.62. The number of rotatable bonds is 6. The number of fused-ring (bicyclic) bond motifs is 1. The molecule has 1 aromatic heterocycles.